The van der Waals surface area contributed by atoms with Crippen LogP contribution in [0.15, 0.2) is 46.5 Å². The van der Waals surface area contributed by atoms with E-state index < -0.39 is 0 Å². The smallest absolute Gasteiger partial charge is 0.262 e. The van der Waals surface area contributed by atoms with Gasteiger partial charge < -0.3 is 4.57 Å². The molecule has 0 bridgehead atoms. The Morgan fingerprint density at radius 1 is 1.15 bits per heavy atom. The van der Waals surface area contributed by atoms with Gasteiger partial charge in [0, 0.05) is 11.2 Å². The number of aryl methyl sites for hydroxylation is 1. The minimum Gasteiger partial charge on any atom is -0.308 e. The minimum absolute atomic E-state index is 0.0990. The van der Waals surface area contributed by atoms with E-state index in [9.17, 15) is 4.79 Å². The van der Waals surface area contributed by atoms with E-state index >= 15 is 0 Å². The second-order valence-electron chi connectivity index (χ2n) is 6.02. The molecule has 1 unspecified atom stereocenters. The lowest BCUT2D eigenvalue weighted by Crippen LogP contribution is -2.25. The van der Waals surface area contributed by atoms with Crippen molar-refractivity contribution in [2.75, 3.05) is 6.26 Å². The predicted octanol–water partition coefficient (Wildman–Crippen LogP) is 3.73. The third kappa shape index (κ3) is 2.68. The molecule has 1 aromatic carbocycles. The van der Waals surface area contributed by atoms with Gasteiger partial charge in [-0.1, -0.05) is 35.5 Å². The van der Waals surface area contributed by atoms with Crippen molar-refractivity contribution in [1.82, 2.24) is 24.1 Å². The van der Waals surface area contributed by atoms with Gasteiger partial charge in [-0.2, -0.15) is 9.50 Å². The van der Waals surface area contributed by atoms with E-state index in [4.69, 9.17) is 11.6 Å². The molecule has 6 nitrogen and oxygen atoms in total. The summed E-state index contributed by atoms with van der Waals surface area (Å²) in [7, 11) is 0. The van der Waals surface area contributed by atoms with Gasteiger partial charge in [0.25, 0.3) is 11.3 Å². The Bertz CT molecular complexity index is 1180. The summed E-state index contributed by atoms with van der Waals surface area (Å²) < 4.78 is 3.34. The van der Waals surface area contributed by atoms with E-state index in [2.05, 4.69) is 15.1 Å². The molecule has 26 heavy (non-hydrogen) atoms. The molecule has 0 saturated carbocycles. The topological polar surface area (TPSA) is 65.1 Å². The van der Waals surface area contributed by atoms with E-state index in [-0.39, 0.29) is 11.6 Å². The second-order valence-corrected chi connectivity index (χ2v) is 7.23. The van der Waals surface area contributed by atoms with Gasteiger partial charge in [0.05, 0.1) is 22.6 Å². The predicted molar refractivity (Wildman–Crippen MR) is 104 cm³/mol. The first-order valence-corrected chi connectivity index (χ1v) is 9.67. The Morgan fingerprint density at radius 3 is 2.58 bits per heavy atom. The molecule has 0 radical (unpaired) electrons. The number of rotatable bonds is 3. The molecule has 0 aliphatic carbocycles. The lowest BCUT2D eigenvalue weighted by atomic mass is 10.1. The third-order valence-electron chi connectivity index (χ3n) is 4.48. The van der Waals surface area contributed by atoms with Gasteiger partial charge in [-0.3, -0.25) is 4.79 Å². The van der Waals surface area contributed by atoms with E-state index in [0.717, 1.165) is 5.56 Å². The first-order valence-electron chi connectivity index (χ1n) is 8.07. The maximum Gasteiger partial charge on any atom is 0.262 e. The van der Waals surface area contributed by atoms with Gasteiger partial charge in [0.1, 0.15) is 0 Å². The van der Waals surface area contributed by atoms with E-state index in [1.54, 1.807) is 15.3 Å². The molecule has 132 valence electrons. The summed E-state index contributed by atoms with van der Waals surface area (Å²) in [4.78, 5) is 22.0. The minimum atomic E-state index is -0.128. The average Bonchev–Trinajstić information content (AvgIpc) is 3.05. The molecule has 0 spiro atoms. The van der Waals surface area contributed by atoms with Crippen LogP contribution in [0.2, 0.25) is 5.02 Å². The first kappa shape index (κ1) is 17.1. The van der Waals surface area contributed by atoms with Crippen LogP contribution in [-0.2, 0) is 0 Å². The van der Waals surface area contributed by atoms with Crippen molar-refractivity contribution in [1.29, 1.82) is 0 Å². The molecule has 3 heterocycles. The summed E-state index contributed by atoms with van der Waals surface area (Å²) in [6.45, 7) is 3.81. The largest absolute Gasteiger partial charge is 0.308 e. The zero-order valence-electron chi connectivity index (χ0n) is 14.5. The Kier molecular flexibility index (Phi) is 4.20. The Morgan fingerprint density at radius 2 is 1.88 bits per heavy atom. The molecule has 0 aliphatic heterocycles. The van der Waals surface area contributed by atoms with Crippen molar-refractivity contribution < 1.29 is 0 Å². The third-order valence-corrected chi connectivity index (χ3v) is 5.27. The first-order chi connectivity index (χ1) is 12.5. The molecule has 0 aliphatic rings. The summed E-state index contributed by atoms with van der Waals surface area (Å²) in [6.07, 6.45) is 3.70. The zero-order valence-corrected chi connectivity index (χ0v) is 16.0. The van der Waals surface area contributed by atoms with Crippen LogP contribution in [0.5, 0.6) is 0 Å². The molecule has 8 heteroatoms. The molecule has 4 rings (SSSR count). The van der Waals surface area contributed by atoms with Gasteiger partial charge in [0.15, 0.2) is 0 Å². The van der Waals surface area contributed by atoms with Gasteiger partial charge in [0.2, 0.25) is 5.16 Å². The molecule has 1 atom stereocenters. The highest BCUT2D eigenvalue weighted by atomic mass is 35.5. The maximum atomic E-state index is 13.2. The number of fused-ring (bicyclic) bond motifs is 3. The molecule has 0 fully saturated rings. The number of thioether (sulfide) groups is 1. The molecule has 0 saturated heterocycles. The zero-order chi connectivity index (χ0) is 18.4. The molecule has 0 N–H and O–H groups in total. The van der Waals surface area contributed by atoms with Crippen LogP contribution < -0.4 is 5.56 Å². The van der Waals surface area contributed by atoms with Crippen LogP contribution in [0.3, 0.4) is 0 Å². The van der Waals surface area contributed by atoms with E-state index in [0.29, 0.717) is 32.6 Å². The van der Waals surface area contributed by atoms with Crippen molar-refractivity contribution >= 4 is 40.0 Å². The highest BCUT2D eigenvalue weighted by Crippen LogP contribution is 2.22. The Balaban J connectivity index is 1.94. The normalized spacial score (nSPS) is 12.8. The number of nitrogens with zero attached hydrogens (tertiary/aromatic N) is 5. The Hall–Kier alpha value is -2.38. The molecular formula is C18H16ClN5OS. The van der Waals surface area contributed by atoms with Crippen molar-refractivity contribution in [3.63, 3.8) is 0 Å². The highest BCUT2D eigenvalue weighted by Gasteiger charge is 2.17. The highest BCUT2D eigenvalue weighted by molar-refractivity contribution is 7.98. The average molecular weight is 386 g/mol. The van der Waals surface area contributed by atoms with Crippen molar-refractivity contribution in [3.05, 3.63) is 63.2 Å². The standard InChI is InChI=1S/C18H16ClN5OS/c1-10-15-14(24-17(20-10)21-18(22-24)26-3)8-9-23(16(15)25)11(2)12-4-6-13(19)7-5-12/h4-9,11H,1-3H3. The number of halogens is 1. The molecule has 0 amide bonds. The fourth-order valence-electron chi connectivity index (χ4n) is 3.08. The Labute approximate surface area is 158 Å². The fraction of sp³-hybridized carbons (Fsp3) is 0.222. The van der Waals surface area contributed by atoms with Crippen molar-refractivity contribution in [2.45, 2.75) is 25.0 Å². The van der Waals surface area contributed by atoms with Gasteiger partial charge in [-0.15, -0.1) is 5.10 Å². The fourth-order valence-corrected chi connectivity index (χ4v) is 3.54. The lowest BCUT2D eigenvalue weighted by molar-refractivity contribution is 0.618. The number of hydrogen-bond acceptors (Lipinski definition) is 5. The SMILES string of the molecule is CSc1nc2nc(C)c3c(=O)n(C(C)c4ccc(Cl)cc4)ccc3n2n1. The molecule has 3 aromatic heterocycles. The number of pyridine rings is 1. The summed E-state index contributed by atoms with van der Waals surface area (Å²) in [5.74, 6) is 0.502. The lowest BCUT2D eigenvalue weighted by Gasteiger charge is -2.17. The molecule has 4 aromatic rings. The molecular weight excluding hydrogens is 370 g/mol. The van der Waals surface area contributed by atoms with Crippen LogP contribution >= 0.6 is 23.4 Å². The van der Waals surface area contributed by atoms with E-state index in [1.807, 2.05) is 50.4 Å². The summed E-state index contributed by atoms with van der Waals surface area (Å²) in [5, 5.41) is 6.28. The van der Waals surface area contributed by atoms with Crippen LogP contribution in [0.25, 0.3) is 16.7 Å². The second kappa shape index (κ2) is 6.41. The monoisotopic (exact) mass is 385 g/mol. The van der Waals surface area contributed by atoms with Gasteiger partial charge in [-0.25, -0.2) is 4.98 Å². The summed E-state index contributed by atoms with van der Waals surface area (Å²) in [6, 6.07) is 9.28. The number of hydrogen-bond donors (Lipinski definition) is 0. The van der Waals surface area contributed by atoms with Crippen LogP contribution in [0.4, 0.5) is 0 Å². The number of aromatic nitrogens is 5. The quantitative estimate of drug-likeness (QED) is 0.503. The maximum absolute atomic E-state index is 13.2. The van der Waals surface area contributed by atoms with Gasteiger partial charge in [-0.05, 0) is 43.9 Å². The van der Waals surface area contributed by atoms with Crippen LogP contribution in [-0.4, -0.2) is 30.4 Å². The summed E-state index contributed by atoms with van der Waals surface area (Å²) >= 11 is 7.41. The van der Waals surface area contributed by atoms with E-state index in [1.165, 1.54) is 11.8 Å². The van der Waals surface area contributed by atoms with Gasteiger partial charge >= 0.3 is 0 Å². The van der Waals surface area contributed by atoms with Crippen molar-refractivity contribution in [3.8, 4) is 0 Å². The van der Waals surface area contributed by atoms with Crippen LogP contribution in [0, 0.1) is 6.92 Å². The summed E-state index contributed by atoms with van der Waals surface area (Å²) in [5.41, 5.74) is 2.27. The van der Waals surface area contributed by atoms with Crippen LogP contribution in [0.1, 0.15) is 24.2 Å². The number of benzene rings is 1. The van der Waals surface area contributed by atoms with Crippen molar-refractivity contribution in [2.24, 2.45) is 0 Å².